The van der Waals surface area contributed by atoms with E-state index in [-0.39, 0.29) is 5.54 Å². The van der Waals surface area contributed by atoms with Gasteiger partial charge in [0.1, 0.15) is 12.4 Å². The summed E-state index contributed by atoms with van der Waals surface area (Å²) < 4.78 is 5.63. The average Bonchev–Trinajstić information content (AvgIpc) is 2.36. The minimum Gasteiger partial charge on any atom is -0.492 e. The third kappa shape index (κ3) is 5.42. The van der Waals surface area contributed by atoms with Gasteiger partial charge in [0.15, 0.2) is 0 Å². The zero-order chi connectivity index (χ0) is 12.6. The second-order valence-corrected chi connectivity index (χ2v) is 4.82. The molecule has 0 bridgehead atoms. The van der Waals surface area contributed by atoms with Crippen LogP contribution in [0.3, 0.4) is 0 Å². The molecular weight excluding hydrogens is 234 g/mol. The van der Waals surface area contributed by atoms with Gasteiger partial charge in [0.25, 0.3) is 0 Å². The number of alkyl halides is 1. The smallest absolute Gasteiger partial charge is 0.119 e. The number of benzene rings is 1. The van der Waals surface area contributed by atoms with Crippen LogP contribution in [0.15, 0.2) is 30.3 Å². The molecule has 0 radical (unpaired) electrons. The Morgan fingerprint density at radius 2 is 2.00 bits per heavy atom. The summed E-state index contributed by atoms with van der Waals surface area (Å²) in [6, 6.07) is 9.88. The first-order valence-corrected chi connectivity index (χ1v) is 6.72. The second-order valence-electron chi connectivity index (χ2n) is 4.44. The van der Waals surface area contributed by atoms with E-state index in [4.69, 9.17) is 16.3 Å². The van der Waals surface area contributed by atoms with Gasteiger partial charge in [0.05, 0.1) is 0 Å². The molecule has 2 nitrogen and oxygen atoms in total. The summed E-state index contributed by atoms with van der Waals surface area (Å²) in [6.45, 7) is 5.91. The van der Waals surface area contributed by atoms with Crippen molar-refractivity contribution in [3.05, 3.63) is 30.3 Å². The zero-order valence-electron chi connectivity index (χ0n) is 10.7. The summed E-state index contributed by atoms with van der Waals surface area (Å²) in [5.74, 6) is 1.61. The normalized spacial score (nSPS) is 14.3. The Bertz CT molecular complexity index is 304. The molecule has 1 atom stereocenters. The lowest BCUT2D eigenvalue weighted by atomic mass is 9.95. The van der Waals surface area contributed by atoms with E-state index in [1.165, 1.54) is 0 Å². The number of rotatable bonds is 8. The van der Waals surface area contributed by atoms with E-state index in [0.717, 1.165) is 25.1 Å². The van der Waals surface area contributed by atoms with Crippen molar-refractivity contribution in [2.75, 3.05) is 19.0 Å². The fourth-order valence-electron chi connectivity index (χ4n) is 1.64. The maximum Gasteiger partial charge on any atom is 0.119 e. The maximum atomic E-state index is 5.80. The summed E-state index contributed by atoms with van der Waals surface area (Å²) in [6.07, 6.45) is 2.06. The molecule has 1 aromatic rings. The van der Waals surface area contributed by atoms with Crippen molar-refractivity contribution in [2.45, 2.75) is 32.2 Å². The zero-order valence-corrected chi connectivity index (χ0v) is 11.5. The van der Waals surface area contributed by atoms with E-state index >= 15 is 0 Å². The summed E-state index contributed by atoms with van der Waals surface area (Å²) in [7, 11) is 0. The molecule has 1 rings (SSSR count). The largest absolute Gasteiger partial charge is 0.492 e. The summed E-state index contributed by atoms with van der Waals surface area (Å²) >= 11 is 5.80. The number of halogens is 1. The lowest BCUT2D eigenvalue weighted by molar-refractivity contribution is 0.267. The quantitative estimate of drug-likeness (QED) is 0.568. The lowest BCUT2D eigenvalue weighted by Gasteiger charge is -2.29. The van der Waals surface area contributed by atoms with Gasteiger partial charge in [-0.3, -0.25) is 0 Å². The fourth-order valence-corrected chi connectivity index (χ4v) is 2.05. The Hall–Kier alpha value is -0.730. The topological polar surface area (TPSA) is 21.3 Å². The van der Waals surface area contributed by atoms with Crippen LogP contribution in [0.5, 0.6) is 5.75 Å². The van der Waals surface area contributed by atoms with Crippen molar-refractivity contribution < 1.29 is 4.74 Å². The molecule has 96 valence electrons. The highest BCUT2D eigenvalue weighted by Gasteiger charge is 2.19. The molecule has 0 saturated carbocycles. The van der Waals surface area contributed by atoms with Crippen LogP contribution >= 0.6 is 11.6 Å². The van der Waals surface area contributed by atoms with Crippen LogP contribution in [0.1, 0.15) is 26.7 Å². The van der Waals surface area contributed by atoms with E-state index in [1.54, 1.807) is 0 Å². The van der Waals surface area contributed by atoms with Gasteiger partial charge in [-0.25, -0.2) is 0 Å². The van der Waals surface area contributed by atoms with Crippen LogP contribution < -0.4 is 10.1 Å². The van der Waals surface area contributed by atoms with E-state index in [9.17, 15) is 0 Å². The van der Waals surface area contributed by atoms with Gasteiger partial charge in [0, 0.05) is 18.0 Å². The van der Waals surface area contributed by atoms with Crippen LogP contribution in [0.2, 0.25) is 0 Å². The fraction of sp³-hybridized carbons (Fsp3) is 0.571. The molecule has 0 aromatic heterocycles. The van der Waals surface area contributed by atoms with Gasteiger partial charge in [-0.05, 0) is 31.9 Å². The van der Waals surface area contributed by atoms with Gasteiger partial charge in [-0.1, -0.05) is 25.1 Å². The molecule has 0 aliphatic rings. The standard InChI is InChI=1S/C14H22ClNO/c1-3-14(2,9-10-15)16-11-12-17-13-7-5-4-6-8-13/h4-8,16H,3,9-12H2,1-2H3. The molecule has 0 saturated heterocycles. The Morgan fingerprint density at radius 3 is 2.59 bits per heavy atom. The first kappa shape index (κ1) is 14.3. The van der Waals surface area contributed by atoms with Crippen molar-refractivity contribution >= 4 is 11.6 Å². The van der Waals surface area contributed by atoms with Gasteiger partial charge in [-0.15, -0.1) is 11.6 Å². The molecule has 3 heteroatoms. The molecule has 1 N–H and O–H groups in total. The van der Waals surface area contributed by atoms with Crippen molar-refractivity contribution in [2.24, 2.45) is 0 Å². The number of nitrogens with one attached hydrogen (secondary N) is 1. The van der Waals surface area contributed by atoms with Crippen LogP contribution in [-0.4, -0.2) is 24.6 Å². The highest BCUT2D eigenvalue weighted by atomic mass is 35.5. The van der Waals surface area contributed by atoms with Gasteiger partial charge < -0.3 is 10.1 Å². The minimum absolute atomic E-state index is 0.127. The van der Waals surface area contributed by atoms with Gasteiger partial charge in [-0.2, -0.15) is 0 Å². The number of para-hydroxylation sites is 1. The van der Waals surface area contributed by atoms with E-state index in [2.05, 4.69) is 19.2 Å². The Kier molecular flexibility index (Phi) is 6.38. The monoisotopic (exact) mass is 255 g/mol. The minimum atomic E-state index is 0.127. The molecule has 0 heterocycles. The molecule has 1 aromatic carbocycles. The molecular formula is C14H22ClNO. The predicted octanol–water partition coefficient (Wildman–Crippen LogP) is 3.45. The molecule has 17 heavy (non-hydrogen) atoms. The maximum absolute atomic E-state index is 5.80. The van der Waals surface area contributed by atoms with Gasteiger partial charge >= 0.3 is 0 Å². The molecule has 0 fully saturated rings. The Morgan fingerprint density at radius 1 is 1.29 bits per heavy atom. The Labute approximate surface area is 109 Å². The van der Waals surface area contributed by atoms with Crippen LogP contribution in [-0.2, 0) is 0 Å². The number of ether oxygens (including phenoxy) is 1. The van der Waals surface area contributed by atoms with E-state index in [1.807, 2.05) is 30.3 Å². The van der Waals surface area contributed by atoms with Crippen molar-refractivity contribution in [1.82, 2.24) is 5.32 Å². The molecule has 0 aliphatic heterocycles. The van der Waals surface area contributed by atoms with Crippen LogP contribution in [0.4, 0.5) is 0 Å². The van der Waals surface area contributed by atoms with E-state index in [0.29, 0.717) is 12.5 Å². The highest BCUT2D eigenvalue weighted by molar-refractivity contribution is 6.17. The predicted molar refractivity (Wildman–Crippen MR) is 74.0 cm³/mol. The lowest BCUT2D eigenvalue weighted by Crippen LogP contribution is -2.44. The van der Waals surface area contributed by atoms with Crippen LogP contribution in [0.25, 0.3) is 0 Å². The molecule has 1 unspecified atom stereocenters. The summed E-state index contributed by atoms with van der Waals surface area (Å²) in [5, 5.41) is 3.51. The average molecular weight is 256 g/mol. The first-order valence-electron chi connectivity index (χ1n) is 6.19. The number of hydrogen-bond donors (Lipinski definition) is 1. The second kappa shape index (κ2) is 7.57. The van der Waals surface area contributed by atoms with Crippen molar-refractivity contribution in [3.8, 4) is 5.75 Å². The molecule has 0 spiro atoms. The first-order chi connectivity index (χ1) is 8.20. The number of hydrogen-bond acceptors (Lipinski definition) is 2. The highest BCUT2D eigenvalue weighted by Crippen LogP contribution is 2.14. The summed E-state index contributed by atoms with van der Waals surface area (Å²) in [5.41, 5.74) is 0.127. The Balaban J connectivity index is 2.23. The van der Waals surface area contributed by atoms with E-state index < -0.39 is 0 Å². The SMILES string of the molecule is CCC(C)(CCCl)NCCOc1ccccc1. The third-order valence-electron chi connectivity index (χ3n) is 3.09. The molecule has 0 amide bonds. The van der Waals surface area contributed by atoms with Crippen molar-refractivity contribution in [1.29, 1.82) is 0 Å². The van der Waals surface area contributed by atoms with Crippen LogP contribution in [0, 0.1) is 0 Å². The summed E-state index contributed by atoms with van der Waals surface area (Å²) in [4.78, 5) is 0. The van der Waals surface area contributed by atoms with Crippen molar-refractivity contribution in [3.63, 3.8) is 0 Å². The van der Waals surface area contributed by atoms with Gasteiger partial charge in [0.2, 0.25) is 0 Å². The molecule has 0 aliphatic carbocycles. The third-order valence-corrected chi connectivity index (χ3v) is 3.28.